The van der Waals surface area contributed by atoms with Crippen LogP contribution in [0.4, 0.5) is 11.8 Å². The molecule has 1 aliphatic carbocycles. The van der Waals surface area contributed by atoms with Gasteiger partial charge in [-0.05, 0) is 34.1 Å². The third-order valence-electron chi connectivity index (χ3n) is 6.22. The van der Waals surface area contributed by atoms with Gasteiger partial charge in [0.05, 0.1) is 47.0 Å². The van der Waals surface area contributed by atoms with Crippen LogP contribution < -0.4 is 15.4 Å². The van der Waals surface area contributed by atoms with Gasteiger partial charge >= 0.3 is 0 Å². The number of nitrogens with zero attached hydrogens (tertiary/aromatic N) is 4. The molecule has 4 atom stereocenters. The van der Waals surface area contributed by atoms with Crippen molar-refractivity contribution in [1.29, 1.82) is 0 Å². The van der Waals surface area contributed by atoms with Crippen molar-refractivity contribution in [3.63, 3.8) is 0 Å². The highest BCUT2D eigenvalue weighted by Gasteiger charge is 2.41. The maximum Gasteiger partial charge on any atom is 0.224 e. The van der Waals surface area contributed by atoms with Gasteiger partial charge in [-0.3, -0.25) is 0 Å². The van der Waals surface area contributed by atoms with Crippen molar-refractivity contribution in [3.8, 4) is 16.5 Å². The Kier molecular flexibility index (Phi) is 8.52. The monoisotopic (exact) mass is 518 g/mol. The Labute approximate surface area is 214 Å². The Morgan fingerprint density at radius 1 is 1.06 bits per heavy atom. The van der Waals surface area contributed by atoms with Gasteiger partial charge in [0.2, 0.25) is 11.8 Å². The van der Waals surface area contributed by atoms with Crippen LogP contribution in [0.1, 0.15) is 31.7 Å². The zero-order valence-electron chi connectivity index (χ0n) is 21.0. The smallest absolute Gasteiger partial charge is 0.224 e. The van der Waals surface area contributed by atoms with Gasteiger partial charge < -0.3 is 35.4 Å². The molecule has 3 aromatic heterocycles. The number of rotatable bonds is 11. The molecule has 0 saturated heterocycles. The fraction of sp³-hybridized carbons (Fsp3) is 0.583. The standard InChI is InChI=1S/C24H34N6O5S/c1-5-34-8-7-25-24-27-12(3)18(22(30-24)28-15-9-14(11-31)20(32)21(15)33)23-29-19-13(4)26-17(35-6-2)10-16(19)36-23/h10,14-15,20-21,31-33H,5-9,11H2,1-4H3,(H2,25,27,28,30)/t14-,15?,20-,21+/m1/s1. The minimum atomic E-state index is -1.05. The van der Waals surface area contributed by atoms with E-state index in [1.165, 1.54) is 11.3 Å². The number of nitrogens with one attached hydrogen (secondary N) is 2. The molecule has 3 heterocycles. The summed E-state index contributed by atoms with van der Waals surface area (Å²) in [4.78, 5) is 18.7. The van der Waals surface area contributed by atoms with E-state index in [2.05, 4.69) is 20.6 Å². The number of aliphatic hydroxyl groups excluding tert-OH is 3. The van der Waals surface area contributed by atoms with Crippen molar-refractivity contribution < 1.29 is 24.8 Å². The van der Waals surface area contributed by atoms with Gasteiger partial charge in [0.25, 0.3) is 0 Å². The number of ether oxygens (including phenoxy) is 2. The van der Waals surface area contributed by atoms with Crippen LogP contribution in [-0.4, -0.2) is 86.5 Å². The fourth-order valence-electron chi connectivity index (χ4n) is 4.40. The van der Waals surface area contributed by atoms with E-state index >= 15 is 0 Å². The quantitative estimate of drug-likeness (QED) is 0.237. The highest BCUT2D eigenvalue weighted by molar-refractivity contribution is 7.21. The molecule has 5 N–H and O–H groups in total. The molecule has 196 valence electrons. The zero-order valence-corrected chi connectivity index (χ0v) is 21.8. The number of fused-ring (bicyclic) bond motifs is 1. The van der Waals surface area contributed by atoms with E-state index in [1.54, 1.807) is 0 Å². The Balaban J connectivity index is 1.73. The van der Waals surface area contributed by atoms with Crippen LogP contribution in [-0.2, 0) is 4.74 Å². The van der Waals surface area contributed by atoms with Crippen LogP contribution in [0, 0.1) is 19.8 Å². The number of anilines is 2. The summed E-state index contributed by atoms with van der Waals surface area (Å²) < 4.78 is 11.9. The molecule has 11 nitrogen and oxygen atoms in total. The summed E-state index contributed by atoms with van der Waals surface area (Å²) >= 11 is 1.48. The molecule has 0 radical (unpaired) electrons. The number of aliphatic hydroxyl groups is 3. The molecule has 1 unspecified atom stereocenters. The van der Waals surface area contributed by atoms with Crippen molar-refractivity contribution in [3.05, 3.63) is 17.5 Å². The maximum absolute atomic E-state index is 10.6. The van der Waals surface area contributed by atoms with Crippen molar-refractivity contribution in [2.75, 3.05) is 43.6 Å². The molecule has 12 heteroatoms. The Hall–Kier alpha value is -2.64. The van der Waals surface area contributed by atoms with E-state index in [1.807, 2.05) is 33.8 Å². The minimum absolute atomic E-state index is 0.206. The van der Waals surface area contributed by atoms with Crippen molar-refractivity contribution in [1.82, 2.24) is 19.9 Å². The first-order valence-electron chi connectivity index (χ1n) is 12.2. The molecule has 3 aromatic rings. The van der Waals surface area contributed by atoms with E-state index in [0.29, 0.717) is 66.7 Å². The number of thiazole rings is 1. The van der Waals surface area contributed by atoms with Crippen LogP contribution in [0.25, 0.3) is 20.8 Å². The van der Waals surface area contributed by atoms with Gasteiger partial charge in [-0.25, -0.2) is 15.0 Å². The normalized spacial score (nSPS) is 21.8. The Morgan fingerprint density at radius 3 is 2.56 bits per heavy atom. The largest absolute Gasteiger partial charge is 0.478 e. The van der Waals surface area contributed by atoms with Gasteiger partial charge in [-0.2, -0.15) is 4.98 Å². The molecule has 0 amide bonds. The fourth-order valence-corrected chi connectivity index (χ4v) is 5.54. The number of pyridine rings is 1. The lowest BCUT2D eigenvalue weighted by Crippen LogP contribution is -2.35. The molecular weight excluding hydrogens is 484 g/mol. The summed E-state index contributed by atoms with van der Waals surface area (Å²) in [7, 11) is 0. The molecule has 0 spiro atoms. The van der Waals surface area contributed by atoms with Gasteiger partial charge in [-0.15, -0.1) is 11.3 Å². The summed E-state index contributed by atoms with van der Waals surface area (Å²) in [6.45, 7) is 9.62. The van der Waals surface area contributed by atoms with Gasteiger partial charge in [0, 0.05) is 31.7 Å². The van der Waals surface area contributed by atoms with Crippen molar-refractivity contribution >= 4 is 33.3 Å². The molecule has 0 aromatic carbocycles. The number of aromatic nitrogens is 4. The van der Waals surface area contributed by atoms with E-state index in [9.17, 15) is 15.3 Å². The van der Waals surface area contributed by atoms with E-state index in [0.717, 1.165) is 15.9 Å². The highest BCUT2D eigenvalue weighted by atomic mass is 32.1. The topological polar surface area (TPSA) is 155 Å². The summed E-state index contributed by atoms with van der Waals surface area (Å²) in [6, 6.07) is 1.38. The maximum atomic E-state index is 10.6. The average Bonchev–Trinajstić information content (AvgIpc) is 3.38. The first-order valence-corrected chi connectivity index (χ1v) is 13.0. The lowest BCUT2D eigenvalue weighted by molar-refractivity contribution is 0.00446. The summed E-state index contributed by atoms with van der Waals surface area (Å²) in [5.41, 5.74) is 2.95. The van der Waals surface area contributed by atoms with E-state index in [-0.39, 0.29) is 6.61 Å². The van der Waals surface area contributed by atoms with Gasteiger partial charge in [0.15, 0.2) is 0 Å². The summed E-state index contributed by atoms with van der Waals surface area (Å²) in [5, 5.41) is 37.7. The second kappa shape index (κ2) is 11.6. The summed E-state index contributed by atoms with van der Waals surface area (Å²) in [5.74, 6) is 1.05. The van der Waals surface area contributed by atoms with Crippen LogP contribution in [0.5, 0.6) is 5.88 Å². The first kappa shape index (κ1) is 26.4. The van der Waals surface area contributed by atoms with Gasteiger partial charge in [0.1, 0.15) is 22.4 Å². The first-order chi connectivity index (χ1) is 17.4. The molecule has 1 saturated carbocycles. The summed E-state index contributed by atoms with van der Waals surface area (Å²) in [6.07, 6.45) is -1.67. The second-order valence-electron chi connectivity index (χ2n) is 8.73. The predicted octanol–water partition coefficient (Wildman–Crippen LogP) is 2.13. The molecule has 1 fully saturated rings. The number of hydrogen-bond donors (Lipinski definition) is 5. The zero-order chi connectivity index (χ0) is 25.8. The highest BCUT2D eigenvalue weighted by Crippen LogP contribution is 2.39. The molecular formula is C24H34N6O5S. The van der Waals surface area contributed by atoms with E-state index in [4.69, 9.17) is 19.4 Å². The van der Waals surface area contributed by atoms with Gasteiger partial charge in [-0.1, -0.05) is 0 Å². The number of aryl methyl sites for hydroxylation is 2. The predicted molar refractivity (Wildman–Crippen MR) is 139 cm³/mol. The molecule has 0 bridgehead atoms. The minimum Gasteiger partial charge on any atom is -0.478 e. The molecule has 0 aliphatic heterocycles. The Bertz CT molecular complexity index is 1190. The SMILES string of the molecule is CCOCCNc1nc(C)c(-c2nc3c(C)nc(OCC)cc3s2)c(NC2C[C@H](CO)[C@@H](O)[C@H]2O)n1. The van der Waals surface area contributed by atoms with Crippen LogP contribution in [0.15, 0.2) is 6.07 Å². The lowest BCUT2D eigenvalue weighted by Gasteiger charge is -2.21. The average molecular weight is 519 g/mol. The van der Waals surface area contributed by atoms with Crippen molar-refractivity contribution in [2.24, 2.45) is 5.92 Å². The lowest BCUT2D eigenvalue weighted by atomic mass is 10.1. The van der Waals surface area contributed by atoms with Crippen LogP contribution >= 0.6 is 11.3 Å². The van der Waals surface area contributed by atoms with E-state index < -0.39 is 24.2 Å². The van der Waals surface area contributed by atoms with Crippen molar-refractivity contribution in [2.45, 2.75) is 52.4 Å². The van der Waals surface area contributed by atoms with Crippen LogP contribution in [0.3, 0.4) is 0 Å². The molecule has 1 aliphatic rings. The molecule has 36 heavy (non-hydrogen) atoms. The third-order valence-corrected chi connectivity index (χ3v) is 7.24. The second-order valence-corrected chi connectivity index (χ2v) is 9.77. The Morgan fingerprint density at radius 2 is 1.86 bits per heavy atom. The van der Waals surface area contributed by atoms with Crippen LogP contribution in [0.2, 0.25) is 0 Å². The number of hydrogen-bond acceptors (Lipinski definition) is 12. The third kappa shape index (κ3) is 5.52. The molecule has 4 rings (SSSR count).